The molecule has 0 radical (unpaired) electrons. The van der Waals surface area contributed by atoms with E-state index in [4.69, 9.17) is 8.85 Å². The SMILES string of the molecule is CC(C)(C)[Si](C)(C)Oc1ccc2c(c1)C[C@@H](CCCCCCO)[C@@H]1[C@@H]2CC[C@]2(C)[C@@H](O[Si](C)(C)C(C)(C)C)CC[C@@H]12. The van der Waals surface area contributed by atoms with Gasteiger partial charge in [0.05, 0.1) is 6.10 Å². The highest BCUT2D eigenvalue weighted by molar-refractivity contribution is 6.75. The molecule has 3 aliphatic rings. The summed E-state index contributed by atoms with van der Waals surface area (Å²) in [4.78, 5) is 0. The first-order valence-corrected chi connectivity index (χ1v) is 22.8. The van der Waals surface area contributed by atoms with Gasteiger partial charge in [0.25, 0.3) is 0 Å². The largest absolute Gasteiger partial charge is 0.543 e. The average molecular weight is 601 g/mol. The second-order valence-electron chi connectivity index (χ2n) is 17.4. The number of aliphatic hydroxyl groups excluding tert-OH is 1. The van der Waals surface area contributed by atoms with Crippen molar-refractivity contribution in [2.45, 2.75) is 161 Å². The monoisotopic (exact) mass is 600 g/mol. The van der Waals surface area contributed by atoms with Gasteiger partial charge in [0.1, 0.15) is 5.75 Å². The number of benzene rings is 1. The molecule has 0 saturated heterocycles. The molecule has 234 valence electrons. The molecule has 4 rings (SSSR count). The third kappa shape index (κ3) is 6.73. The summed E-state index contributed by atoms with van der Waals surface area (Å²) < 4.78 is 14.0. The van der Waals surface area contributed by atoms with Crippen LogP contribution in [0.4, 0.5) is 0 Å². The molecule has 0 bridgehead atoms. The lowest BCUT2D eigenvalue weighted by atomic mass is 9.52. The van der Waals surface area contributed by atoms with Crippen molar-refractivity contribution in [1.29, 1.82) is 0 Å². The zero-order valence-electron chi connectivity index (χ0n) is 28.7. The fourth-order valence-electron chi connectivity index (χ4n) is 8.11. The van der Waals surface area contributed by atoms with E-state index in [2.05, 4.69) is 92.9 Å². The van der Waals surface area contributed by atoms with Crippen molar-refractivity contribution in [1.82, 2.24) is 0 Å². The molecule has 1 N–H and O–H groups in total. The fourth-order valence-corrected chi connectivity index (χ4v) is 10.6. The molecular weight excluding hydrogens is 537 g/mol. The van der Waals surface area contributed by atoms with Crippen molar-refractivity contribution in [3.05, 3.63) is 29.3 Å². The number of fused-ring (bicyclic) bond motifs is 5. The van der Waals surface area contributed by atoms with Gasteiger partial charge in [0.2, 0.25) is 8.32 Å². The van der Waals surface area contributed by atoms with Gasteiger partial charge in [-0.05, 0) is 134 Å². The Morgan fingerprint density at radius 1 is 0.878 bits per heavy atom. The highest BCUT2D eigenvalue weighted by atomic mass is 28.4. The first kappa shape index (κ1) is 33.3. The molecule has 1 aromatic carbocycles. The molecule has 0 amide bonds. The summed E-state index contributed by atoms with van der Waals surface area (Å²) in [6.07, 6.45) is 12.7. The summed E-state index contributed by atoms with van der Waals surface area (Å²) in [6.45, 7) is 26.7. The van der Waals surface area contributed by atoms with Crippen LogP contribution < -0.4 is 4.43 Å². The van der Waals surface area contributed by atoms with Crippen LogP contribution in [0.1, 0.15) is 123 Å². The fraction of sp³-hybridized carbons (Fsp3) is 0.833. The molecule has 0 unspecified atom stereocenters. The molecule has 2 saturated carbocycles. The minimum Gasteiger partial charge on any atom is -0.543 e. The lowest BCUT2D eigenvalue weighted by Crippen LogP contribution is -2.51. The zero-order chi connectivity index (χ0) is 30.4. The maximum absolute atomic E-state index is 9.30. The van der Waals surface area contributed by atoms with Crippen LogP contribution in [-0.2, 0) is 10.8 Å². The number of hydrogen-bond acceptors (Lipinski definition) is 3. The summed E-state index contributed by atoms with van der Waals surface area (Å²) in [5, 5.41) is 9.76. The van der Waals surface area contributed by atoms with E-state index >= 15 is 0 Å². The number of aliphatic hydroxyl groups is 1. The number of unbranched alkanes of at least 4 members (excludes halogenated alkanes) is 3. The quantitative estimate of drug-likeness (QED) is 0.214. The van der Waals surface area contributed by atoms with Crippen LogP contribution in [0.3, 0.4) is 0 Å². The van der Waals surface area contributed by atoms with E-state index in [1.165, 1.54) is 51.4 Å². The van der Waals surface area contributed by atoms with E-state index in [1.807, 2.05) is 0 Å². The Kier molecular flexibility index (Phi) is 9.78. The zero-order valence-corrected chi connectivity index (χ0v) is 30.7. The van der Waals surface area contributed by atoms with Gasteiger partial charge in [-0.2, -0.15) is 0 Å². The Morgan fingerprint density at radius 2 is 1.54 bits per heavy atom. The van der Waals surface area contributed by atoms with Crippen molar-refractivity contribution >= 4 is 16.6 Å². The van der Waals surface area contributed by atoms with Gasteiger partial charge >= 0.3 is 0 Å². The first-order chi connectivity index (χ1) is 18.9. The summed E-state index contributed by atoms with van der Waals surface area (Å²) in [6, 6.07) is 7.21. The van der Waals surface area contributed by atoms with Gasteiger partial charge in [-0.25, -0.2) is 0 Å². The Hall–Kier alpha value is -0.626. The summed E-state index contributed by atoms with van der Waals surface area (Å²) in [7, 11) is -3.69. The summed E-state index contributed by atoms with van der Waals surface area (Å²) in [5.41, 5.74) is 3.50. The van der Waals surface area contributed by atoms with Crippen LogP contribution in [0, 0.1) is 23.2 Å². The molecule has 0 spiro atoms. The predicted octanol–water partition coefficient (Wildman–Crippen LogP) is 10.5. The average Bonchev–Trinajstić information content (AvgIpc) is 3.17. The van der Waals surface area contributed by atoms with Crippen molar-refractivity contribution < 1.29 is 14.0 Å². The van der Waals surface area contributed by atoms with E-state index in [0.29, 0.717) is 24.0 Å². The molecule has 5 heteroatoms. The summed E-state index contributed by atoms with van der Waals surface area (Å²) in [5.74, 6) is 4.03. The molecule has 41 heavy (non-hydrogen) atoms. The lowest BCUT2D eigenvalue weighted by molar-refractivity contribution is -0.0345. The van der Waals surface area contributed by atoms with E-state index in [0.717, 1.165) is 36.3 Å². The maximum atomic E-state index is 9.30. The van der Waals surface area contributed by atoms with Crippen molar-refractivity contribution in [2.75, 3.05) is 6.61 Å². The molecule has 0 aromatic heterocycles. The highest BCUT2D eigenvalue weighted by Gasteiger charge is 2.58. The van der Waals surface area contributed by atoms with Crippen molar-refractivity contribution in [3.8, 4) is 5.75 Å². The maximum Gasteiger partial charge on any atom is 0.250 e. The second kappa shape index (κ2) is 12.0. The molecule has 0 heterocycles. The third-order valence-electron chi connectivity index (χ3n) is 12.7. The van der Waals surface area contributed by atoms with Gasteiger partial charge in [0, 0.05) is 6.61 Å². The van der Waals surface area contributed by atoms with Crippen LogP contribution >= 0.6 is 0 Å². The molecule has 0 aliphatic heterocycles. The van der Waals surface area contributed by atoms with Crippen LogP contribution in [0.2, 0.25) is 36.3 Å². The molecule has 6 atom stereocenters. The first-order valence-electron chi connectivity index (χ1n) is 17.0. The topological polar surface area (TPSA) is 38.7 Å². The van der Waals surface area contributed by atoms with E-state index in [9.17, 15) is 5.11 Å². The van der Waals surface area contributed by atoms with Crippen LogP contribution in [-0.4, -0.2) is 34.5 Å². The van der Waals surface area contributed by atoms with Gasteiger partial charge in [-0.1, -0.05) is 73.8 Å². The molecule has 3 aliphatic carbocycles. The predicted molar refractivity (Wildman–Crippen MR) is 180 cm³/mol. The smallest absolute Gasteiger partial charge is 0.250 e. The van der Waals surface area contributed by atoms with Gasteiger partial charge in [-0.3, -0.25) is 0 Å². The molecular formula is C36H64O3Si2. The normalized spacial score (nSPS) is 30.5. The minimum absolute atomic E-state index is 0.199. The highest BCUT2D eigenvalue weighted by Crippen LogP contribution is 2.64. The Bertz CT molecular complexity index is 1040. The Balaban J connectivity index is 1.62. The Labute approximate surface area is 255 Å². The number of rotatable bonds is 10. The van der Waals surface area contributed by atoms with Gasteiger partial charge in [-0.15, -0.1) is 0 Å². The molecule has 2 fully saturated rings. The minimum atomic E-state index is -1.88. The number of hydrogen-bond donors (Lipinski definition) is 1. The van der Waals surface area contributed by atoms with E-state index < -0.39 is 16.6 Å². The van der Waals surface area contributed by atoms with Crippen molar-refractivity contribution in [2.24, 2.45) is 23.2 Å². The van der Waals surface area contributed by atoms with E-state index in [1.54, 1.807) is 11.1 Å². The third-order valence-corrected chi connectivity index (χ3v) is 21.5. The standard InChI is InChI=1S/C36H64O3Si2/c1-34(2,3)40(8,9)38-28-17-18-29-27(25-28)24-26(16-14-12-13-15-23-37)33-30(29)21-22-36(7)31(33)19-20-32(36)39-41(10,11)35(4,5)6/h17-18,25-26,30-33,37H,12-16,19-24H2,1-11H3/t26-,30-,31+,32+,33-,36+/m1/s1. The molecule has 1 aromatic rings. The Morgan fingerprint density at radius 3 is 2.17 bits per heavy atom. The van der Waals surface area contributed by atoms with Crippen molar-refractivity contribution in [3.63, 3.8) is 0 Å². The van der Waals surface area contributed by atoms with E-state index in [-0.39, 0.29) is 10.1 Å². The lowest BCUT2D eigenvalue weighted by Gasteiger charge is -2.54. The van der Waals surface area contributed by atoms with Crippen LogP contribution in [0.5, 0.6) is 5.75 Å². The van der Waals surface area contributed by atoms with Gasteiger partial charge < -0.3 is 14.0 Å². The van der Waals surface area contributed by atoms with Crippen LogP contribution in [0.25, 0.3) is 0 Å². The van der Waals surface area contributed by atoms with Crippen LogP contribution in [0.15, 0.2) is 18.2 Å². The second-order valence-corrected chi connectivity index (χ2v) is 26.9. The molecule has 3 nitrogen and oxygen atoms in total. The summed E-state index contributed by atoms with van der Waals surface area (Å²) >= 11 is 0. The van der Waals surface area contributed by atoms with Gasteiger partial charge in [0.15, 0.2) is 8.32 Å².